The average molecular weight is 415 g/mol. The van der Waals surface area contributed by atoms with Gasteiger partial charge in [0.05, 0.1) is 11.5 Å². The first-order valence-corrected chi connectivity index (χ1v) is 9.43. The number of hydrogen-bond acceptors (Lipinski definition) is 2. The zero-order valence-electron chi connectivity index (χ0n) is 13.8. The van der Waals surface area contributed by atoms with Crippen molar-refractivity contribution in [1.29, 1.82) is 0 Å². The molecule has 1 aliphatic heterocycles. The highest BCUT2D eigenvalue weighted by atomic mass is 79.9. The molecule has 1 N–H and O–H groups in total. The Labute approximate surface area is 158 Å². The average Bonchev–Trinajstić information content (AvgIpc) is 3.47. The standard InChI is InChI=1S/C20H16BrFN2O2/c21-13-3-6-16-15(7-13)18(11-1-4-14(22)5-2-11)24(10-17(25)23-16)19(26)20-8-12(20)9-20/h1-7,12,18H,8-10H2,(H,23,25). The van der Waals surface area contributed by atoms with Crippen LogP contribution in [0, 0.1) is 17.2 Å². The summed E-state index contributed by atoms with van der Waals surface area (Å²) in [6, 6.07) is 11.4. The van der Waals surface area contributed by atoms with Crippen molar-refractivity contribution in [2.45, 2.75) is 18.9 Å². The molecule has 0 radical (unpaired) electrons. The van der Waals surface area contributed by atoms with Crippen LogP contribution in [0.15, 0.2) is 46.9 Å². The molecular formula is C20H16BrFN2O2. The van der Waals surface area contributed by atoms with Crippen molar-refractivity contribution in [3.63, 3.8) is 0 Å². The molecule has 2 amide bonds. The van der Waals surface area contributed by atoms with Crippen LogP contribution in [0.3, 0.4) is 0 Å². The lowest BCUT2D eigenvalue weighted by molar-refractivity contribution is -0.139. The minimum atomic E-state index is -0.425. The molecule has 26 heavy (non-hydrogen) atoms. The summed E-state index contributed by atoms with van der Waals surface area (Å²) in [6.45, 7) is 0.00163. The topological polar surface area (TPSA) is 49.4 Å². The maximum absolute atomic E-state index is 13.5. The maximum Gasteiger partial charge on any atom is 0.244 e. The highest BCUT2D eigenvalue weighted by Gasteiger charge is 2.75. The quantitative estimate of drug-likeness (QED) is 0.810. The lowest BCUT2D eigenvalue weighted by Gasteiger charge is -2.31. The van der Waals surface area contributed by atoms with Crippen molar-refractivity contribution < 1.29 is 14.0 Å². The molecule has 2 aliphatic carbocycles. The lowest BCUT2D eigenvalue weighted by Crippen LogP contribution is -2.41. The first-order valence-electron chi connectivity index (χ1n) is 8.64. The molecule has 2 aromatic carbocycles. The Balaban J connectivity index is 1.67. The molecule has 0 saturated heterocycles. The van der Waals surface area contributed by atoms with Gasteiger partial charge in [0.1, 0.15) is 12.4 Å². The number of anilines is 1. The van der Waals surface area contributed by atoms with Crippen LogP contribution in [0.4, 0.5) is 10.1 Å². The van der Waals surface area contributed by atoms with Crippen LogP contribution >= 0.6 is 15.9 Å². The van der Waals surface area contributed by atoms with Crippen LogP contribution in [0.2, 0.25) is 0 Å². The normalized spacial score (nSPS) is 28.5. The summed E-state index contributed by atoms with van der Waals surface area (Å²) in [4.78, 5) is 27.4. The molecule has 1 atom stereocenters. The van der Waals surface area contributed by atoms with E-state index in [2.05, 4.69) is 21.2 Å². The van der Waals surface area contributed by atoms with E-state index < -0.39 is 6.04 Å². The molecule has 1 heterocycles. The number of rotatable bonds is 2. The zero-order valence-corrected chi connectivity index (χ0v) is 15.4. The number of nitrogens with one attached hydrogen (secondary N) is 1. The van der Waals surface area contributed by atoms with Gasteiger partial charge in [-0.15, -0.1) is 0 Å². The van der Waals surface area contributed by atoms with Crippen LogP contribution < -0.4 is 5.32 Å². The van der Waals surface area contributed by atoms with E-state index in [1.807, 2.05) is 18.2 Å². The molecule has 6 heteroatoms. The summed E-state index contributed by atoms with van der Waals surface area (Å²) in [6.07, 6.45) is 1.84. The Kier molecular flexibility index (Phi) is 3.32. The number of carbonyl (C=O) groups is 2. The second-order valence-corrected chi connectivity index (χ2v) is 8.34. The molecule has 2 saturated carbocycles. The van der Waals surface area contributed by atoms with Gasteiger partial charge in [0.2, 0.25) is 11.8 Å². The molecule has 2 fully saturated rings. The van der Waals surface area contributed by atoms with Gasteiger partial charge in [-0.05, 0) is 54.7 Å². The molecule has 3 aliphatic rings. The van der Waals surface area contributed by atoms with Crippen LogP contribution in [0.1, 0.15) is 30.0 Å². The molecule has 1 unspecified atom stereocenters. The summed E-state index contributed by atoms with van der Waals surface area (Å²) in [5.74, 6) is -0.00953. The monoisotopic (exact) mass is 414 g/mol. The summed E-state index contributed by atoms with van der Waals surface area (Å²) >= 11 is 3.48. The Morgan fingerprint density at radius 1 is 1.19 bits per heavy atom. The number of hydrogen-bond donors (Lipinski definition) is 1. The van der Waals surface area contributed by atoms with E-state index in [1.54, 1.807) is 17.0 Å². The minimum absolute atomic E-state index is 0.00163. The number of amides is 2. The lowest BCUT2D eigenvalue weighted by atomic mass is 9.95. The molecule has 0 spiro atoms. The van der Waals surface area contributed by atoms with E-state index in [0.717, 1.165) is 28.4 Å². The van der Waals surface area contributed by atoms with E-state index in [1.165, 1.54) is 12.1 Å². The van der Waals surface area contributed by atoms with Gasteiger partial charge in [0.15, 0.2) is 0 Å². The van der Waals surface area contributed by atoms with Gasteiger partial charge in [0, 0.05) is 15.7 Å². The van der Waals surface area contributed by atoms with Gasteiger partial charge in [-0.2, -0.15) is 0 Å². The highest BCUT2D eigenvalue weighted by Crippen LogP contribution is 2.76. The highest BCUT2D eigenvalue weighted by molar-refractivity contribution is 9.10. The van der Waals surface area contributed by atoms with Gasteiger partial charge < -0.3 is 10.2 Å². The van der Waals surface area contributed by atoms with E-state index >= 15 is 0 Å². The fourth-order valence-electron chi connectivity index (χ4n) is 4.01. The molecule has 2 aromatic rings. The van der Waals surface area contributed by atoms with Crippen molar-refractivity contribution in [2.24, 2.45) is 11.3 Å². The van der Waals surface area contributed by atoms with Crippen molar-refractivity contribution >= 4 is 33.4 Å². The van der Waals surface area contributed by atoms with Crippen LogP contribution in [0.5, 0.6) is 0 Å². The molecule has 0 aromatic heterocycles. The van der Waals surface area contributed by atoms with Crippen molar-refractivity contribution in [1.82, 2.24) is 4.90 Å². The fourth-order valence-corrected chi connectivity index (χ4v) is 4.39. The number of nitrogens with zero attached hydrogens (tertiary/aromatic N) is 1. The first kappa shape index (κ1) is 16.0. The van der Waals surface area contributed by atoms with Crippen molar-refractivity contribution in [2.75, 3.05) is 11.9 Å². The molecule has 132 valence electrons. The fraction of sp³-hybridized carbons (Fsp3) is 0.300. The number of carbonyl (C=O) groups excluding carboxylic acids is 2. The maximum atomic E-state index is 13.5. The van der Waals surface area contributed by atoms with Crippen molar-refractivity contribution in [3.8, 4) is 0 Å². The van der Waals surface area contributed by atoms with Gasteiger partial charge in [-0.1, -0.05) is 28.1 Å². The largest absolute Gasteiger partial charge is 0.324 e. The Morgan fingerprint density at radius 3 is 2.54 bits per heavy atom. The molecule has 0 bridgehead atoms. The summed E-state index contributed by atoms with van der Waals surface area (Å²) < 4.78 is 14.3. The Bertz CT molecular complexity index is 937. The van der Waals surface area contributed by atoms with E-state index in [4.69, 9.17) is 0 Å². The Hall–Kier alpha value is -2.21. The molecule has 5 rings (SSSR count). The third-order valence-electron chi connectivity index (χ3n) is 5.76. The number of fused-ring (bicyclic) bond motifs is 2. The summed E-state index contributed by atoms with van der Waals surface area (Å²) in [5.41, 5.74) is 2.07. The van der Waals surface area contributed by atoms with E-state index in [-0.39, 0.29) is 29.6 Å². The number of halogens is 2. The van der Waals surface area contributed by atoms with E-state index in [0.29, 0.717) is 11.6 Å². The van der Waals surface area contributed by atoms with Crippen LogP contribution in [-0.4, -0.2) is 23.3 Å². The molecular weight excluding hydrogens is 399 g/mol. The predicted molar refractivity (Wildman–Crippen MR) is 97.9 cm³/mol. The van der Waals surface area contributed by atoms with Crippen LogP contribution in [0.25, 0.3) is 0 Å². The van der Waals surface area contributed by atoms with Gasteiger partial charge in [-0.25, -0.2) is 4.39 Å². The SMILES string of the molecule is O=C1CN(C(=O)C23CC2C3)C(c2ccc(F)cc2)c2cc(Br)ccc2N1. The minimum Gasteiger partial charge on any atom is -0.324 e. The van der Waals surface area contributed by atoms with Gasteiger partial charge >= 0.3 is 0 Å². The van der Waals surface area contributed by atoms with Gasteiger partial charge in [-0.3, -0.25) is 9.59 Å². The zero-order chi connectivity index (χ0) is 18.1. The van der Waals surface area contributed by atoms with Gasteiger partial charge in [0.25, 0.3) is 0 Å². The Morgan fingerprint density at radius 2 is 1.88 bits per heavy atom. The number of benzene rings is 2. The second kappa shape index (κ2) is 5.39. The smallest absolute Gasteiger partial charge is 0.244 e. The summed E-state index contributed by atoms with van der Waals surface area (Å²) in [5, 5.41) is 2.90. The van der Waals surface area contributed by atoms with Crippen molar-refractivity contribution in [3.05, 3.63) is 63.9 Å². The predicted octanol–water partition coefficient (Wildman–Crippen LogP) is 3.87. The van der Waals surface area contributed by atoms with E-state index in [9.17, 15) is 14.0 Å². The second-order valence-electron chi connectivity index (χ2n) is 7.43. The third-order valence-corrected chi connectivity index (χ3v) is 6.26. The third kappa shape index (κ3) is 2.39. The first-order chi connectivity index (χ1) is 12.5. The molecule has 4 nitrogen and oxygen atoms in total. The summed E-state index contributed by atoms with van der Waals surface area (Å²) in [7, 11) is 0. The van der Waals surface area contributed by atoms with Crippen LogP contribution in [-0.2, 0) is 9.59 Å².